The Morgan fingerprint density at radius 2 is 1.85 bits per heavy atom. The summed E-state index contributed by atoms with van der Waals surface area (Å²) in [6.45, 7) is 2.69. The maximum atomic E-state index is 6.42. The van der Waals surface area contributed by atoms with Crippen LogP contribution in [0, 0.1) is 0 Å². The highest BCUT2D eigenvalue weighted by Crippen LogP contribution is 2.35. The third-order valence-corrected chi connectivity index (χ3v) is 4.39. The highest BCUT2D eigenvalue weighted by Gasteiger charge is 2.17. The van der Waals surface area contributed by atoms with E-state index in [4.69, 9.17) is 22.3 Å². The first-order valence-corrected chi connectivity index (χ1v) is 8.65. The van der Waals surface area contributed by atoms with Gasteiger partial charge in [-0.15, -0.1) is 0 Å². The van der Waals surface area contributed by atoms with Gasteiger partial charge < -0.3 is 11.1 Å². The summed E-state index contributed by atoms with van der Waals surface area (Å²) in [5.74, 6) is 0.926. The Balaban J connectivity index is 1.98. The zero-order valence-corrected chi connectivity index (χ0v) is 14.9. The van der Waals surface area contributed by atoms with Gasteiger partial charge in [0, 0.05) is 23.1 Å². The zero-order valence-electron chi connectivity index (χ0n) is 14.1. The molecule has 0 unspecified atom stereocenters. The molecule has 0 atom stereocenters. The van der Waals surface area contributed by atoms with E-state index in [1.807, 2.05) is 49.4 Å². The molecule has 0 bridgehead atoms. The van der Waals surface area contributed by atoms with Crippen LogP contribution in [0.2, 0.25) is 5.02 Å². The molecule has 0 saturated carbocycles. The van der Waals surface area contributed by atoms with Crippen LogP contribution < -0.4 is 11.1 Å². The highest BCUT2D eigenvalue weighted by atomic mass is 35.5. The van der Waals surface area contributed by atoms with Crippen LogP contribution in [0.3, 0.4) is 0 Å². The summed E-state index contributed by atoms with van der Waals surface area (Å²) in [5.41, 5.74) is 10.1. The van der Waals surface area contributed by atoms with E-state index in [1.165, 1.54) is 0 Å². The Hall–Kier alpha value is -3.12. The fraction of sp³-hybridized carbons (Fsp3) is 0.105. The lowest BCUT2D eigenvalue weighted by molar-refractivity contribution is 1.12. The van der Waals surface area contributed by atoms with Crippen LogP contribution in [-0.4, -0.2) is 26.7 Å². The van der Waals surface area contributed by atoms with Crippen LogP contribution in [0.25, 0.3) is 33.4 Å². The number of nitrogens with one attached hydrogen (secondary N) is 2. The molecule has 130 valence electrons. The molecule has 4 rings (SSSR count). The molecule has 0 aliphatic heterocycles. The van der Waals surface area contributed by atoms with Gasteiger partial charge in [-0.2, -0.15) is 5.10 Å². The average molecular weight is 365 g/mol. The Bertz CT molecular complexity index is 1070. The van der Waals surface area contributed by atoms with Crippen molar-refractivity contribution in [3.8, 4) is 22.5 Å². The van der Waals surface area contributed by atoms with Crippen molar-refractivity contribution < 1.29 is 0 Å². The number of nitrogens with zero attached hydrogens (tertiary/aromatic N) is 3. The molecular formula is C19H17ClN6. The first-order valence-electron chi connectivity index (χ1n) is 8.27. The number of hydrogen-bond donors (Lipinski definition) is 3. The van der Waals surface area contributed by atoms with Crippen LogP contribution in [-0.2, 0) is 0 Å². The van der Waals surface area contributed by atoms with Crippen LogP contribution >= 0.6 is 11.6 Å². The second kappa shape index (κ2) is 6.65. The van der Waals surface area contributed by atoms with Crippen LogP contribution in [0.5, 0.6) is 0 Å². The number of nitrogen functional groups attached to an aromatic ring is 1. The molecule has 0 saturated heterocycles. The number of halogens is 1. The minimum absolute atomic E-state index is 0.366. The van der Waals surface area contributed by atoms with Gasteiger partial charge in [0.05, 0.1) is 28.1 Å². The van der Waals surface area contributed by atoms with E-state index in [-0.39, 0.29) is 0 Å². The predicted molar refractivity (Wildman–Crippen MR) is 106 cm³/mol. The predicted octanol–water partition coefficient (Wildman–Crippen LogP) is 4.35. The molecule has 4 N–H and O–H groups in total. The van der Waals surface area contributed by atoms with Gasteiger partial charge in [-0.25, -0.2) is 9.97 Å². The lowest BCUT2D eigenvalue weighted by Gasteiger charge is -2.14. The molecule has 0 spiro atoms. The third-order valence-electron chi connectivity index (χ3n) is 4.09. The van der Waals surface area contributed by atoms with Gasteiger partial charge in [-0.05, 0) is 19.1 Å². The average Bonchev–Trinajstić information content (AvgIpc) is 3.13. The topological polar surface area (TPSA) is 92.5 Å². The number of aromatic nitrogens is 4. The fourth-order valence-corrected chi connectivity index (χ4v) is 3.16. The van der Waals surface area contributed by atoms with Crippen molar-refractivity contribution in [1.82, 2.24) is 20.2 Å². The molecule has 0 radical (unpaired) electrons. The maximum absolute atomic E-state index is 6.42. The molecule has 26 heavy (non-hydrogen) atoms. The molecule has 0 aliphatic carbocycles. The minimum atomic E-state index is 0.366. The number of H-pyrrole nitrogens is 1. The van der Waals surface area contributed by atoms with Gasteiger partial charge in [0.25, 0.3) is 0 Å². The third kappa shape index (κ3) is 2.84. The van der Waals surface area contributed by atoms with E-state index < -0.39 is 0 Å². The van der Waals surface area contributed by atoms with Crippen LogP contribution in [0.4, 0.5) is 11.6 Å². The Morgan fingerprint density at radius 3 is 2.62 bits per heavy atom. The quantitative estimate of drug-likeness (QED) is 0.500. The van der Waals surface area contributed by atoms with E-state index in [2.05, 4.69) is 20.5 Å². The summed E-state index contributed by atoms with van der Waals surface area (Å²) in [6.07, 6.45) is 1.74. The van der Waals surface area contributed by atoms with Gasteiger partial charge >= 0.3 is 0 Å². The Kier molecular flexibility index (Phi) is 4.18. The van der Waals surface area contributed by atoms with Crippen molar-refractivity contribution >= 4 is 34.1 Å². The Morgan fingerprint density at radius 1 is 1.08 bits per heavy atom. The number of fused-ring (bicyclic) bond motifs is 1. The zero-order chi connectivity index (χ0) is 18.1. The summed E-state index contributed by atoms with van der Waals surface area (Å²) in [6, 6.07) is 13.7. The van der Waals surface area contributed by atoms with E-state index >= 15 is 0 Å². The summed E-state index contributed by atoms with van der Waals surface area (Å²) in [7, 11) is 0. The van der Waals surface area contributed by atoms with E-state index in [1.54, 1.807) is 6.20 Å². The molecule has 4 aromatic rings. The number of anilines is 2. The van der Waals surface area contributed by atoms with Gasteiger partial charge in [-0.3, -0.25) is 5.10 Å². The largest absolute Gasteiger partial charge is 0.381 e. The smallest absolute Gasteiger partial charge is 0.169 e. The van der Waals surface area contributed by atoms with Gasteiger partial charge in [-0.1, -0.05) is 41.9 Å². The van der Waals surface area contributed by atoms with Crippen molar-refractivity contribution in [2.45, 2.75) is 6.92 Å². The number of aromatic amines is 1. The molecule has 7 heteroatoms. The Labute approximate surface area is 155 Å². The molecule has 2 aromatic heterocycles. The second-order valence-electron chi connectivity index (χ2n) is 5.84. The highest BCUT2D eigenvalue weighted by molar-refractivity contribution is 6.35. The minimum Gasteiger partial charge on any atom is -0.381 e. The van der Waals surface area contributed by atoms with Crippen molar-refractivity contribution in [2.24, 2.45) is 0 Å². The monoisotopic (exact) mass is 364 g/mol. The first kappa shape index (κ1) is 16.4. The number of nitrogens with two attached hydrogens (primary N) is 1. The fourth-order valence-electron chi connectivity index (χ4n) is 2.90. The molecular weight excluding hydrogens is 348 g/mol. The standard InChI is InChI=1S/C19H17ClN6/c1-2-22-19-18(21)24-16(11-6-4-3-5-7-11)17(25-19)12-8-13-10-23-26-15(13)14(20)9-12/h3-10H,2H2,1H3,(H2,21,24)(H,22,25)(H,23,26). The van der Waals surface area contributed by atoms with Gasteiger partial charge in [0.15, 0.2) is 11.6 Å². The molecule has 2 aromatic carbocycles. The summed E-state index contributed by atoms with van der Waals surface area (Å²) < 4.78 is 0. The van der Waals surface area contributed by atoms with Gasteiger partial charge in [0.1, 0.15) is 0 Å². The van der Waals surface area contributed by atoms with E-state index in [9.17, 15) is 0 Å². The molecule has 0 amide bonds. The number of hydrogen-bond acceptors (Lipinski definition) is 5. The molecule has 0 aliphatic rings. The molecule has 0 fully saturated rings. The van der Waals surface area contributed by atoms with Crippen LogP contribution in [0.1, 0.15) is 6.92 Å². The first-order chi connectivity index (χ1) is 12.7. The SMILES string of the molecule is CCNc1nc(-c2cc(Cl)c3[nH]ncc3c2)c(-c2ccccc2)nc1N. The number of benzene rings is 2. The van der Waals surface area contributed by atoms with Gasteiger partial charge in [0.2, 0.25) is 0 Å². The van der Waals surface area contributed by atoms with Crippen molar-refractivity contribution in [3.63, 3.8) is 0 Å². The summed E-state index contributed by atoms with van der Waals surface area (Å²) >= 11 is 6.42. The lowest BCUT2D eigenvalue weighted by atomic mass is 10.0. The van der Waals surface area contributed by atoms with Crippen molar-refractivity contribution in [2.75, 3.05) is 17.6 Å². The van der Waals surface area contributed by atoms with Crippen molar-refractivity contribution in [1.29, 1.82) is 0 Å². The lowest BCUT2D eigenvalue weighted by Crippen LogP contribution is -2.08. The van der Waals surface area contributed by atoms with Crippen LogP contribution in [0.15, 0.2) is 48.7 Å². The second-order valence-corrected chi connectivity index (χ2v) is 6.25. The molecule has 2 heterocycles. The van der Waals surface area contributed by atoms with E-state index in [0.29, 0.717) is 34.6 Å². The molecule has 6 nitrogen and oxygen atoms in total. The normalized spacial score (nSPS) is 11.0. The van der Waals surface area contributed by atoms with Crippen molar-refractivity contribution in [3.05, 3.63) is 53.7 Å². The maximum Gasteiger partial charge on any atom is 0.169 e. The summed E-state index contributed by atoms with van der Waals surface area (Å²) in [5, 5.41) is 11.6. The summed E-state index contributed by atoms with van der Waals surface area (Å²) in [4.78, 5) is 9.38. The van der Waals surface area contributed by atoms with E-state index in [0.717, 1.165) is 22.0 Å². The number of rotatable bonds is 4.